The largest absolute Gasteiger partial charge is 0.450 e. The predicted molar refractivity (Wildman–Crippen MR) is 103 cm³/mol. The van der Waals surface area contributed by atoms with E-state index in [2.05, 4.69) is 14.7 Å². The molecule has 0 radical (unpaired) electrons. The van der Waals surface area contributed by atoms with Crippen molar-refractivity contribution in [3.8, 4) is 0 Å². The van der Waals surface area contributed by atoms with E-state index in [9.17, 15) is 18.0 Å². The summed E-state index contributed by atoms with van der Waals surface area (Å²) >= 11 is 0. The Kier molecular flexibility index (Phi) is 6.88. The molecule has 0 spiro atoms. The molecule has 0 aliphatic carbocycles. The van der Waals surface area contributed by atoms with Crippen molar-refractivity contribution < 1.29 is 27.6 Å². The summed E-state index contributed by atoms with van der Waals surface area (Å²) in [7, 11) is -3.84. The van der Waals surface area contributed by atoms with Crippen molar-refractivity contribution in [3.63, 3.8) is 0 Å². The summed E-state index contributed by atoms with van der Waals surface area (Å²) in [5.74, 6) is -0.789. The molecule has 2 rings (SSSR count). The molecule has 0 aromatic carbocycles. The fourth-order valence-corrected chi connectivity index (χ4v) is 2.98. The second kappa shape index (κ2) is 8.97. The normalized spacial score (nSPS) is 11.6. The zero-order valence-electron chi connectivity index (χ0n) is 16.4. The minimum atomic E-state index is -3.84. The average Bonchev–Trinajstić information content (AvgIpc) is 2.64. The Balaban J connectivity index is 2.21. The molecule has 29 heavy (non-hydrogen) atoms. The van der Waals surface area contributed by atoms with Gasteiger partial charge in [0.05, 0.1) is 12.2 Å². The maximum Gasteiger partial charge on any atom is 0.450 e. The summed E-state index contributed by atoms with van der Waals surface area (Å²) in [6.45, 7) is 5.93. The molecule has 0 saturated carbocycles. The van der Waals surface area contributed by atoms with Gasteiger partial charge in [-0.25, -0.2) is 32.7 Å². The van der Waals surface area contributed by atoms with Crippen LogP contribution in [0.2, 0.25) is 0 Å². The first kappa shape index (κ1) is 22.2. The standard InChI is InChI=1S/C18H22N4O6S/c1-13(23)28-22(17(24)27-18(2,3)4)15-9-7-8-14(21-15)12-20-29(25,26)16-10-5-6-11-19-16/h5-11,20H,12H2,1-4H3. The minimum Gasteiger partial charge on any atom is -0.441 e. The van der Waals surface area contributed by atoms with E-state index in [-0.39, 0.29) is 23.1 Å². The Morgan fingerprint density at radius 3 is 2.45 bits per heavy atom. The van der Waals surface area contributed by atoms with Crippen LogP contribution in [0.15, 0.2) is 47.6 Å². The van der Waals surface area contributed by atoms with Crippen molar-refractivity contribution in [2.75, 3.05) is 5.06 Å². The fourth-order valence-electron chi connectivity index (χ4n) is 2.04. The number of rotatable bonds is 5. The summed E-state index contributed by atoms with van der Waals surface area (Å²) in [5, 5.41) is 0.482. The van der Waals surface area contributed by atoms with Gasteiger partial charge in [0.2, 0.25) is 0 Å². The number of aromatic nitrogens is 2. The van der Waals surface area contributed by atoms with Gasteiger partial charge in [0.25, 0.3) is 10.0 Å². The number of carbonyl (C=O) groups is 2. The molecular weight excluding hydrogens is 400 g/mol. The Morgan fingerprint density at radius 2 is 1.86 bits per heavy atom. The van der Waals surface area contributed by atoms with Gasteiger partial charge in [0.15, 0.2) is 10.8 Å². The number of pyridine rings is 2. The maximum absolute atomic E-state index is 12.4. The van der Waals surface area contributed by atoms with Crippen molar-refractivity contribution in [3.05, 3.63) is 48.3 Å². The van der Waals surface area contributed by atoms with E-state index >= 15 is 0 Å². The molecule has 0 unspecified atom stereocenters. The van der Waals surface area contributed by atoms with Gasteiger partial charge in [-0.2, -0.15) is 0 Å². The minimum absolute atomic E-state index is 0.0380. The number of nitrogens with zero attached hydrogens (tertiary/aromatic N) is 3. The third-order valence-electron chi connectivity index (χ3n) is 3.14. The van der Waals surface area contributed by atoms with Gasteiger partial charge in [-0.05, 0) is 45.0 Å². The van der Waals surface area contributed by atoms with Crippen molar-refractivity contribution >= 4 is 27.9 Å². The number of ether oxygens (including phenoxy) is 1. The quantitative estimate of drug-likeness (QED) is 0.726. The topological polar surface area (TPSA) is 128 Å². The van der Waals surface area contributed by atoms with Crippen molar-refractivity contribution in [2.24, 2.45) is 0 Å². The van der Waals surface area contributed by atoms with Crippen molar-refractivity contribution in [1.82, 2.24) is 14.7 Å². The van der Waals surface area contributed by atoms with E-state index in [4.69, 9.17) is 9.57 Å². The van der Waals surface area contributed by atoms with E-state index in [0.29, 0.717) is 5.06 Å². The lowest BCUT2D eigenvalue weighted by molar-refractivity contribution is -0.142. The van der Waals surface area contributed by atoms with Crippen molar-refractivity contribution in [2.45, 2.75) is 44.9 Å². The molecule has 0 bridgehead atoms. The van der Waals surface area contributed by atoms with Crippen LogP contribution in [-0.2, 0) is 30.9 Å². The van der Waals surface area contributed by atoms with Gasteiger partial charge in [-0.3, -0.25) is 0 Å². The number of amides is 1. The number of nitrogens with one attached hydrogen (secondary N) is 1. The number of carbonyl (C=O) groups excluding carboxylic acids is 2. The Hall–Kier alpha value is -3.05. The van der Waals surface area contributed by atoms with E-state index in [1.54, 1.807) is 39.0 Å². The monoisotopic (exact) mass is 422 g/mol. The molecule has 2 heterocycles. The van der Waals surface area contributed by atoms with Crippen LogP contribution in [0.25, 0.3) is 0 Å². The maximum atomic E-state index is 12.4. The van der Waals surface area contributed by atoms with Gasteiger partial charge < -0.3 is 9.57 Å². The van der Waals surface area contributed by atoms with Crippen LogP contribution in [0.4, 0.5) is 10.6 Å². The molecule has 1 N–H and O–H groups in total. The van der Waals surface area contributed by atoms with Crippen LogP contribution in [0.3, 0.4) is 0 Å². The fraction of sp³-hybridized carbons (Fsp3) is 0.333. The van der Waals surface area contributed by atoms with Crippen LogP contribution in [0.5, 0.6) is 0 Å². The number of hydrogen-bond donors (Lipinski definition) is 1. The third kappa shape index (κ3) is 6.80. The summed E-state index contributed by atoms with van der Waals surface area (Å²) in [5.41, 5.74) is -0.548. The average molecular weight is 422 g/mol. The highest BCUT2D eigenvalue weighted by Crippen LogP contribution is 2.18. The van der Waals surface area contributed by atoms with Gasteiger partial charge in [-0.15, -0.1) is 0 Å². The van der Waals surface area contributed by atoms with Crippen LogP contribution in [-0.4, -0.2) is 36.0 Å². The first-order chi connectivity index (χ1) is 13.5. The molecule has 1 amide bonds. The zero-order valence-corrected chi connectivity index (χ0v) is 17.3. The molecule has 11 heteroatoms. The Morgan fingerprint density at radius 1 is 1.14 bits per heavy atom. The van der Waals surface area contributed by atoms with Crippen LogP contribution < -0.4 is 9.79 Å². The zero-order chi connectivity index (χ0) is 21.7. The summed E-state index contributed by atoms with van der Waals surface area (Å²) in [6, 6.07) is 9.02. The van der Waals surface area contributed by atoms with E-state index in [0.717, 1.165) is 6.92 Å². The molecule has 0 fully saturated rings. The highest BCUT2D eigenvalue weighted by molar-refractivity contribution is 7.89. The third-order valence-corrected chi connectivity index (χ3v) is 4.45. The van der Waals surface area contributed by atoms with E-state index in [1.165, 1.54) is 24.4 Å². The summed E-state index contributed by atoms with van der Waals surface area (Å²) in [4.78, 5) is 36.7. The molecule has 2 aromatic heterocycles. The lowest BCUT2D eigenvalue weighted by atomic mass is 10.2. The highest BCUT2D eigenvalue weighted by Gasteiger charge is 2.27. The van der Waals surface area contributed by atoms with Gasteiger partial charge in [-0.1, -0.05) is 17.2 Å². The molecule has 0 aliphatic heterocycles. The summed E-state index contributed by atoms with van der Waals surface area (Å²) < 4.78 is 32.1. The molecule has 2 aromatic rings. The van der Waals surface area contributed by atoms with Crippen LogP contribution in [0.1, 0.15) is 33.4 Å². The molecule has 0 atom stereocenters. The van der Waals surface area contributed by atoms with Crippen LogP contribution >= 0.6 is 0 Å². The SMILES string of the molecule is CC(=O)ON(C(=O)OC(C)(C)C)c1cccc(CNS(=O)(=O)c2ccccn2)n1. The highest BCUT2D eigenvalue weighted by atomic mass is 32.2. The Labute approximate surface area is 168 Å². The molecular formula is C18H22N4O6S. The number of anilines is 1. The predicted octanol–water partition coefficient (Wildman–Crippen LogP) is 2.17. The molecule has 0 aliphatic rings. The first-order valence-corrected chi connectivity index (χ1v) is 10.0. The second-order valence-electron chi connectivity index (χ2n) is 6.84. The molecule has 156 valence electrons. The lowest BCUT2D eigenvalue weighted by Crippen LogP contribution is -2.38. The van der Waals surface area contributed by atoms with Crippen LogP contribution in [0, 0.1) is 0 Å². The van der Waals surface area contributed by atoms with Gasteiger partial charge >= 0.3 is 12.1 Å². The van der Waals surface area contributed by atoms with E-state index < -0.39 is 27.7 Å². The first-order valence-electron chi connectivity index (χ1n) is 8.56. The second-order valence-corrected chi connectivity index (χ2v) is 8.55. The number of hydrogen-bond acceptors (Lipinski definition) is 8. The number of hydroxylamine groups is 1. The van der Waals surface area contributed by atoms with E-state index in [1.807, 2.05) is 0 Å². The lowest BCUT2D eigenvalue weighted by Gasteiger charge is -2.25. The Bertz CT molecular complexity index is 973. The van der Waals surface area contributed by atoms with Gasteiger partial charge in [0, 0.05) is 13.1 Å². The van der Waals surface area contributed by atoms with Crippen molar-refractivity contribution in [1.29, 1.82) is 0 Å². The summed E-state index contributed by atoms with van der Waals surface area (Å²) in [6.07, 6.45) is 0.428. The molecule has 10 nitrogen and oxygen atoms in total. The number of sulfonamides is 1. The molecule has 0 saturated heterocycles. The van der Waals surface area contributed by atoms with Gasteiger partial charge in [0.1, 0.15) is 5.60 Å². The smallest absolute Gasteiger partial charge is 0.441 e.